The van der Waals surface area contributed by atoms with Crippen LogP contribution in [0.4, 0.5) is 5.95 Å². The van der Waals surface area contributed by atoms with E-state index >= 15 is 0 Å². The molecule has 2 N–H and O–H groups in total. The minimum Gasteiger partial charge on any atom is -0.497 e. The standard InChI is InChI=1S/C17H16N4O2/c1-11-7-16(22)20-17(19-11)21-18-10-12-3-4-14-9-15(23-2)6-5-13(14)8-12/h3-10H,1-2H3,(H2,19,20,21,22)/b18-10-. The molecule has 1 heterocycles. The van der Waals surface area contributed by atoms with E-state index in [4.69, 9.17) is 4.74 Å². The normalized spacial score (nSPS) is 11.0. The van der Waals surface area contributed by atoms with Crippen LogP contribution in [-0.2, 0) is 0 Å². The van der Waals surface area contributed by atoms with Gasteiger partial charge in [0.15, 0.2) is 0 Å². The maximum absolute atomic E-state index is 11.3. The molecule has 0 aliphatic heterocycles. The second-order valence-electron chi connectivity index (χ2n) is 5.08. The Morgan fingerprint density at radius 1 is 1.17 bits per heavy atom. The average molecular weight is 308 g/mol. The molecule has 0 radical (unpaired) electrons. The molecule has 0 unspecified atom stereocenters. The molecule has 0 atom stereocenters. The predicted molar refractivity (Wildman–Crippen MR) is 91.3 cm³/mol. The van der Waals surface area contributed by atoms with E-state index in [9.17, 15) is 4.79 Å². The molecule has 6 nitrogen and oxygen atoms in total. The van der Waals surface area contributed by atoms with Gasteiger partial charge in [-0.3, -0.25) is 9.78 Å². The van der Waals surface area contributed by atoms with Gasteiger partial charge < -0.3 is 4.74 Å². The Hall–Kier alpha value is -3.15. The summed E-state index contributed by atoms with van der Waals surface area (Å²) < 4.78 is 5.21. The van der Waals surface area contributed by atoms with Crippen molar-refractivity contribution in [2.24, 2.45) is 5.10 Å². The van der Waals surface area contributed by atoms with Crippen molar-refractivity contribution in [1.29, 1.82) is 0 Å². The molecule has 0 fully saturated rings. The Kier molecular flexibility index (Phi) is 4.05. The SMILES string of the molecule is COc1ccc2cc(/C=N\Nc3nc(C)cc(=O)[nH]3)ccc2c1. The van der Waals surface area contributed by atoms with E-state index in [2.05, 4.69) is 20.5 Å². The van der Waals surface area contributed by atoms with Crippen molar-refractivity contribution >= 4 is 22.9 Å². The molecule has 23 heavy (non-hydrogen) atoms. The molecule has 6 heteroatoms. The lowest BCUT2D eigenvalue weighted by atomic mass is 10.1. The number of nitrogens with one attached hydrogen (secondary N) is 2. The molecule has 3 aromatic rings. The predicted octanol–water partition coefficient (Wildman–Crippen LogP) is 2.69. The molecule has 0 saturated carbocycles. The zero-order valence-electron chi connectivity index (χ0n) is 12.8. The van der Waals surface area contributed by atoms with Crippen molar-refractivity contribution in [3.8, 4) is 5.75 Å². The van der Waals surface area contributed by atoms with Crippen LogP contribution in [0, 0.1) is 6.92 Å². The fraction of sp³-hybridized carbons (Fsp3) is 0.118. The zero-order valence-corrected chi connectivity index (χ0v) is 12.8. The van der Waals surface area contributed by atoms with E-state index in [-0.39, 0.29) is 5.56 Å². The van der Waals surface area contributed by atoms with Gasteiger partial charge in [-0.1, -0.05) is 18.2 Å². The highest BCUT2D eigenvalue weighted by Gasteiger charge is 1.98. The monoisotopic (exact) mass is 308 g/mol. The lowest BCUT2D eigenvalue weighted by molar-refractivity contribution is 0.415. The molecule has 1 aromatic heterocycles. The molecule has 0 saturated heterocycles. The molecule has 2 aromatic carbocycles. The van der Waals surface area contributed by atoms with Crippen LogP contribution in [0.1, 0.15) is 11.3 Å². The highest BCUT2D eigenvalue weighted by molar-refractivity contribution is 5.91. The van der Waals surface area contributed by atoms with Crippen molar-refractivity contribution in [3.05, 3.63) is 64.1 Å². The zero-order chi connectivity index (χ0) is 16.2. The second-order valence-corrected chi connectivity index (χ2v) is 5.08. The lowest BCUT2D eigenvalue weighted by Crippen LogP contribution is -2.10. The first-order valence-corrected chi connectivity index (χ1v) is 7.09. The fourth-order valence-corrected chi connectivity index (χ4v) is 2.25. The van der Waals surface area contributed by atoms with Gasteiger partial charge in [0.1, 0.15) is 5.75 Å². The van der Waals surface area contributed by atoms with E-state index in [0.29, 0.717) is 11.6 Å². The summed E-state index contributed by atoms with van der Waals surface area (Å²) in [4.78, 5) is 18.1. The summed E-state index contributed by atoms with van der Waals surface area (Å²) in [6.45, 7) is 1.75. The number of H-pyrrole nitrogens is 1. The van der Waals surface area contributed by atoms with Crippen LogP contribution in [-0.4, -0.2) is 23.3 Å². The summed E-state index contributed by atoms with van der Waals surface area (Å²) in [5.41, 5.74) is 4.08. The minimum absolute atomic E-state index is 0.213. The van der Waals surface area contributed by atoms with Crippen LogP contribution >= 0.6 is 0 Å². The number of aromatic nitrogens is 2. The molecular weight excluding hydrogens is 292 g/mol. The van der Waals surface area contributed by atoms with Crippen molar-refractivity contribution < 1.29 is 4.74 Å². The van der Waals surface area contributed by atoms with E-state index in [1.807, 2.05) is 36.4 Å². The Morgan fingerprint density at radius 2 is 1.96 bits per heavy atom. The summed E-state index contributed by atoms with van der Waals surface area (Å²) >= 11 is 0. The first kappa shape index (κ1) is 14.8. The average Bonchev–Trinajstić information content (AvgIpc) is 2.53. The quantitative estimate of drug-likeness (QED) is 0.573. The topological polar surface area (TPSA) is 79.4 Å². The molecule has 0 bridgehead atoms. The number of aromatic amines is 1. The maximum Gasteiger partial charge on any atom is 0.252 e. The van der Waals surface area contributed by atoms with Crippen molar-refractivity contribution in [2.45, 2.75) is 6.92 Å². The number of ether oxygens (including phenoxy) is 1. The van der Waals surface area contributed by atoms with Gasteiger partial charge in [-0.25, -0.2) is 10.4 Å². The number of hydrazone groups is 1. The Labute approximate surface area is 132 Å². The van der Waals surface area contributed by atoms with Gasteiger partial charge in [0.05, 0.1) is 13.3 Å². The summed E-state index contributed by atoms with van der Waals surface area (Å²) in [6, 6.07) is 13.3. The van der Waals surface area contributed by atoms with Crippen LogP contribution < -0.4 is 15.7 Å². The van der Waals surface area contributed by atoms with Gasteiger partial charge in [-0.2, -0.15) is 5.10 Å². The highest BCUT2D eigenvalue weighted by atomic mass is 16.5. The Bertz CT molecular complexity index is 931. The van der Waals surface area contributed by atoms with Crippen LogP contribution in [0.15, 0.2) is 52.4 Å². The van der Waals surface area contributed by atoms with Crippen molar-refractivity contribution in [3.63, 3.8) is 0 Å². The largest absolute Gasteiger partial charge is 0.497 e. The van der Waals surface area contributed by atoms with Gasteiger partial charge >= 0.3 is 0 Å². The number of fused-ring (bicyclic) bond motifs is 1. The maximum atomic E-state index is 11.3. The number of benzene rings is 2. The molecule has 3 rings (SSSR count). The van der Waals surface area contributed by atoms with Gasteiger partial charge in [0.25, 0.3) is 5.56 Å². The third-order valence-corrected chi connectivity index (χ3v) is 3.33. The number of methoxy groups -OCH3 is 1. The number of hydrogen-bond donors (Lipinski definition) is 2. The van der Waals surface area contributed by atoms with Crippen LogP contribution in [0.2, 0.25) is 0 Å². The highest BCUT2D eigenvalue weighted by Crippen LogP contribution is 2.21. The number of anilines is 1. The summed E-state index contributed by atoms with van der Waals surface area (Å²) in [7, 11) is 1.65. The second kappa shape index (κ2) is 6.31. The van der Waals surface area contributed by atoms with Gasteiger partial charge in [0.2, 0.25) is 5.95 Å². The lowest BCUT2D eigenvalue weighted by Gasteiger charge is -2.03. The summed E-state index contributed by atoms with van der Waals surface area (Å²) in [6.07, 6.45) is 1.67. The van der Waals surface area contributed by atoms with Crippen LogP contribution in [0.3, 0.4) is 0 Å². The van der Waals surface area contributed by atoms with E-state index < -0.39 is 0 Å². The Balaban J connectivity index is 1.79. The molecular formula is C17H16N4O2. The number of nitrogens with zero attached hydrogens (tertiary/aromatic N) is 2. The third kappa shape index (κ3) is 3.55. The molecule has 0 spiro atoms. The van der Waals surface area contributed by atoms with Crippen molar-refractivity contribution in [1.82, 2.24) is 9.97 Å². The molecule has 0 amide bonds. The van der Waals surface area contributed by atoms with Gasteiger partial charge in [0, 0.05) is 11.8 Å². The van der Waals surface area contributed by atoms with E-state index in [1.165, 1.54) is 6.07 Å². The van der Waals surface area contributed by atoms with Crippen molar-refractivity contribution in [2.75, 3.05) is 12.5 Å². The first-order chi connectivity index (χ1) is 11.1. The number of aryl methyl sites for hydroxylation is 1. The molecule has 0 aliphatic carbocycles. The molecule has 0 aliphatic rings. The van der Waals surface area contributed by atoms with Crippen LogP contribution in [0.5, 0.6) is 5.75 Å². The van der Waals surface area contributed by atoms with E-state index in [1.54, 1.807) is 20.2 Å². The summed E-state index contributed by atoms with van der Waals surface area (Å²) in [5.74, 6) is 1.15. The summed E-state index contributed by atoms with van der Waals surface area (Å²) in [5, 5.41) is 6.29. The third-order valence-electron chi connectivity index (χ3n) is 3.33. The first-order valence-electron chi connectivity index (χ1n) is 7.09. The van der Waals surface area contributed by atoms with Gasteiger partial charge in [-0.05, 0) is 41.5 Å². The smallest absolute Gasteiger partial charge is 0.252 e. The van der Waals surface area contributed by atoms with E-state index in [0.717, 1.165) is 22.1 Å². The Morgan fingerprint density at radius 3 is 2.74 bits per heavy atom. The van der Waals surface area contributed by atoms with Crippen LogP contribution in [0.25, 0.3) is 10.8 Å². The fourth-order valence-electron chi connectivity index (χ4n) is 2.25. The minimum atomic E-state index is -0.213. The molecule has 116 valence electrons. The van der Waals surface area contributed by atoms with Gasteiger partial charge in [-0.15, -0.1) is 0 Å². The number of rotatable bonds is 4. The number of hydrogen-bond acceptors (Lipinski definition) is 5.